The van der Waals surface area contributed by atoms with Gasteiger partial charge in [-0.25, -0.2) is 0 Å². The van der Waals surface area contributed by atoms with E-state index in [1.165, 1.54) is 6.07 Å². The van der Waals surface area contributed by atoms with E-state index in [1.807, 2.05) is 12.1 Å². The van der Waals surface area contributed by atoms with Crippen molar-refractivity contribution in [3.63, 3.8) is 0 Å². The van der Waals surface area contributed by atoms with Crippen LogP contribution >= 0.6 is 23.8 Å². The van der Waals surface area contributed by atoms with E-state index < -0.39 is 6.61 Å². The molecule has 2 aromatic carbocycles. The fourth-order valence-electron chi connectivity index (χ4n) is 1.72. The summed E-state index contributed by atoms with van der Waals surface area (Å²) < 4.78 is 29.1. The molecule has 0 atom stereocenters. The van der Waals surface area contributed by atoms with Crippen LogP contribution in [0.3, 0.4) is 0 Å². The summed E-state index contributed by atoms with van der Waals surface area (Å²) in [5, 5.41) is 6.78. The molecule has 3 nitrogen and oxygen atoms in total. The molecule has 0 fully saturated rings. The first-order chi connectivity index (χ1) is 10.5. The summed E-state index contributed by atoms with van der Waals surface area (Å²) in [6, 6.07) is 13.6. The van der Waals surface area contributed by atoms with Gasteiger partial charge in [0.15, 0.2) is 5.11 Å². The zero-order valence-electron chi connectivity index (χ0n) is 11.4. The molecule has 0 saturated carbocycles. The molecule has 0 aromatic heterocycles. The maximum Gasteiger partial charge on any atom is 0.387 e. The number of alkyl halides is 2. The van der Waals surface area contributed by atoms with Crippen LogP contribution < -0.4 is 15.4 Å². The summed E-state index contributed by atoms with van der Waals surface area (Å²) in [5.41, 5.74) is 1.36. The van der Waals surface area contributed by atoms with Crippen molar-refractivity contribution in [3.05, 3.63) is 59.1 Å². The van der Waals surface area contributed by atoms with Gasteiger partial charge in [-0.3, -0.25) is 0 Å². The topological polar surface area (TPSA) is 33.3 Å². The molecule has 0 amide bonds. The third-order valence-corrected chi connectivity index (χ3v) is 3.22. The van der Waals surface area contributed by atoms with Gasteiger partial charge in [0.05, 0.1) is 5.69 Å². The molecule has 2 N–H and O–H groups in total. The molecule has 0 saturated heterocycles. The van der Waals surface area contributed by atoms with Crippen molar-refractivity contribution in [1.82, 2.24) is 5.32 Å². The number of benzene rings is 2. The number of rotatable bonds is 5. The summed E-state index contributed by atoms with van der Waals surface area (Å²) in [6.45, 7) is -2.40. The number of para-hydroxylation sites is 2. The highest BCUT2D eigenvalue weighted by Crippen LogP contribution is 2.25. The summed E-state index contributed by atoms with van der Waals surface area (Å²) >= 11 is 10.9. The highest BCUT2D eigenvalue weighted by Gasteiger charge is 2.09. The van der Waals surface area contributed by atoms with Crippen LogP contribution in [0.2, 0.25) is 5.02 Å². The largest absolute Gasteiger partial charge is 0.433 e. The van der Waals surface area contributed by atoms with E-state index in [9.17, 15) is 8.78 Å². The summed E-state index contributed by atoms with van der Waals surface area (Å²) in [5.74, 6) is 0.0353. The van der Waals surface area contributed by atoms with E-state index in [1.54, 1.807) is 30.3 Å². The van der Waals surface area contributed by atoms with Crippen LogP contribution in [0.4, 0.5) is 14.5 Å². The third kappa shape index (κ3) is 5.13. The summed E-state index contributed by atoms with van der Waals surface area (Å²) in [7, 11) is 0. The lowest BCUT2D eigenvalue weighted by Gasteiger charge is -2.14. The van der Waals surface area contributed by atoms with Crippen LogP contribution in [-0.2, 0) is 6.54 Å². The normalized spacial score (nSPS) is 10.4. The van der Waals surface area contributed by atoms with Gasteiger partial charge in [-0.2, -0.15) is 8.78 Å². The number of thiocarbonyl (C=S) groups is 1. The molecule has 0 spiro atoms. The maximum atomic E-state index is 12.3. The third-order valence-electron chi connectivity index (χ3n) is 2.72. The van der Waals surface area contributed by atoms with Gasteiger partial charge in [0.25, 0.3) is 0 Å². The minimum absolute atomic E-state index is 0.0353. The Morgan fingerprint density at radius 1 is 1.14 bits per heavy atom. The minimum Gasteiger partial charge on any atom is -0.433 e. The molecule has 0 heterocycles. The highest BCUT2D eigenvalue weighted by molar-refractivity contribution is 7.80. The molecule has 116 valence electrons. The van der Waals surface area contributed by atoms with Crippen LogP contribution in [0, 0.1) is 0 Å². The molecule has 0 aliphatic carbocycles. The van der Waals surface area contributed by atoms with Crippen LogP contribution in [0.5, 0.6) is 5.75 Å². The molecule has 0 aliphatic heterocycles. The number of ether oxygens (including phenoxy) is 1. The first kappa shape index (κ1) is 16.5. The SMILES string of the molecule is FC(F)Oc1ccccc1NC(=S)NCc1ccc(Cl)cc1. The summed E-state index contributed by atoms with van der Waals surface area (Å²) in [4.78, 5) is 0. The first-order valence-electron chi connectivity index (χ1n) is 6.38. The van der Waals surface area contributed by atoms with E-state index >= 15 is 0 Å². The van der Waals surface area contributed by atoms with Gasteiger partial charge in [0.2, 0.25) is 0 Å². The highest BCUT2D eigenvalue weighted by atomic mass is 35.5. The van der Waals surface area contributed by atoms with Crippen molar-refractivity contribution in [2.45, 2.75) is 13.2 Å². The molecular weight excluding hydrogens is 330 g/mol. The van der Waals surface area contributed by atoms with E-state index in [0.29, 0.717) is 22.4 Å². The standard InChI is InChI=1S/C15H13ClF2N2OS/c16-11-7-5-10(6-8-11)9-19-15(22)20-12-3-1-2-4-13(12)21-14(17)18/h1-8,14H,9H2,(H2,19,20,22). The Hall–Kier alpha value is -1.92. The van der Waals surface area contributed by atoms with Crippen LogP contribution in [0.1, 0.15) is 5.56 Å². The quantitative estimate of drug-likeness (QED) is 0.788. The Bertz CT molecular complexity index is 638. The molecule has 2 rings (SSSR count). The van der Waals surface area contributed by atoms with Gasteiger partial charge in [0, 0.05) is 11.6 Å². The molecular formula is C15H13ClF2N2OS. The zero-order valence-corrected chi connectivity index (χ0v) is 12.9. The Kier molecular flexibility index (Phi) is 5.91. The Labute approximate surface area is 137 Å². The Morgan fingerprint density at radius 3 is 2.50 bits per heavy atom. The molecule has 0 radical (unpaired) electrons. The van der Waals surface area contributed by atoms with Gasteiger partial charge in [-0.1, -0.05) is 35.9 Å². The van der Waals surface area contributed by atoms with Gasteiger partial charge < -0.3 is 15.4 Å². The van der Waals surface area contributed by atoms with Crippen molar-refractivity contribution in [3.8, 4) is 5.75 Å². The predicted octanol–water partition coefficient (Wildman–Crippen LogP) is 4.43. The van der Waals surface area contributed by atoms with Crippen molar-refractivity contribution in [2.75, 3.05) is 5.32 Å². The van der Waals surface area contributed by atoms with Gasteiger partial charge in [-0.05, 0) is 42.0 Å². The number of halogens is 3. The van der Waals surface area contributed by atoms with Gasteiger partial charge in [0.1, 0.15) is 5.75 Å². The molecule has 0 bridgehead atoms. The fraction of sp³-hybridized carbons (Fsp3) is 0.133. The van der Waals surface area contributed by atoms with Crippen LogP contribution in [0.15, 0.2) is 48.5 Å². The van der Waals surface area contributed by atoms with Crippen molar-refractivity contribution < 1.29 is 13.5 Å². The second-order valence-electron chi connectivity index (χ2n) is 4.31. The summed E-state index contributed by atoms with van der Waals surface area (Å²) in [6.07, 6.45) is 0. The lowest BCUT2D eigenvalue weighted by molar-refractivity contribution is -0.0493. The van der Waals surface area contributed by atoms with Crippen molar-refractivity contribution in [1.29, 1.82) is 0 Å². The van der Waals surface area contributed by atoms with Crippen molar-refractivity contribution in [2.24, 2.45) is 0 Å². The second-order valence-corrected chi connectivity index (χ2v) is 5.15. The second kappa shape index (κ2) is 7.91. The monoisotopic (exact) mass is 342 g/mol. The fourth-order valence-corrected chi connectivity index (χ4v) is 2.03. The zero-order chi connectivity index (χ0) is 15.9. The van der Waals surface area contributed by atoms with Crippen molar-refractivity contribution >= 4 is 34.6 Å². The maximum absolute atomic E-state index is 12.3. The first-order valence-corrected chi connectivity index (χ1v) is 7.16. The number of hydrogen-bond donors (Lipinski definition) is 2. The number of nitrogens with one attached hydrogen (secondary N) is 2. The average molecular weight is 343 g/mol. The molecule has 22 heavy (non-hydrogen) atoms. The molecule has 0 aliphatic rings. The van der Waals surface area contributed by atoms with Gasteiger partial charge in [-0.15, -0.1) is 0 Å². The predicted molar refractivity (Wildman–Crippen MR) is 87.6 cm³/mol. The average Bonchev–Trinajstić information content (AvgIpc) is 2.48. The van der Waals surface area contributed by atoms with E-state index in [-0.39, 0.29) is 5.75 Å². The molecule has 7 heteroatoms. The minimum atomic E-state index is -2.89. The van der Waals surface area contributed by atoms with Crippen LogP contribution in [0.25, 0.3) is 0 Å². The van der Waals surface area contributed by atoms with Crippen LogP contribution in [-0.4, -0.2) is 11.7 Å². The van der Waals surface area contributed by atoms with Gasteiger partial charge >= 0.3 is 6.61 Å². The Balaban J connectivity index is 1.93. The molecule has 0 unspecified atom stereocenters. The smallest absolute Gasteiger partial charge is 0.387 e. The number of anilines is 1. The van der Waals surface area contributed by atoms with E-state index in [4.69, 9.17) is 23.8 Å². The number of hydrogen-bond acceptors (Lipinski definition) is 2. The Morgan fingerprint density at radius 2 is 1.82 bits per heavy atom. The van der Waals surface area contributed by atoms with E-state index in [0.717, 1.165) is 5.56 Å². The lowest BCUT2D eigenvalue weighted by Crippen LogP contribution is -2.28. The molecule has 2 aromatic rings. The van der Waals surface area contributed by atoms with E-state index in [2.05, 4.69) is 15.4 Å². The lowest BCUT2D eigenvalue weighted by atomic mass is 10.2.